The number of fused-ring (bicyclic) bond motifs is 4. The van der Waals surface area contributed by atoms with Gasteiger partial charge in [0, 0.05) is 7.11 Å². The van der Waals surface area contributed by atoms with Gasteiger partial charge in [0.1, 0.15) is 73.2 Å². The fourth-order valence-electron chi connectivity index (χ4n) is 12.0. The second-order valence-corrected chi connectivity index (χ2v) is 34.4. The number of aliphatic hydroxyl groups excluding tert-OH is 5. The number of nitrogens with two attached hydrogens (primary N) is 4. The summed E-state index contributed by atoms with van der Waals surface area (Å²) in [7, 11) is -30.4. The highest BCUT2D eigenvalue weighted by Crippen LogP contribution is 2.69. The lowest BCUT2D eigenvalue weighted by molar-refractivity contribution is -0.746. The van der Waals surface area contributed by atoms with Crippen molar-refractivity contribution in [3.63, 3.8) is 0 Å². The van der Waals surface area contributed by atoms with Crippen LogP contribution in [0.3, 0.4) is 0 Å². The van der Waals surface area contributed by atoms with Crippen molar-refractivity contribution in [1.29, 1.82) is 0 Å². The summed E-state index contributed by atoms with van der Waals surface area (Å²) in [5.74, 6) is -1.04. The second-order valence-electron chi connectivity index (χ2n) is 25.1. The molecule has 0 aromatic carbocycles. The molecule has 0 aliphatic carbocycles. The van der Waals surface area contributed by atoms with E-state index < -0.39 is 206 Å². The number of methoxy groups -OCH3 is 1. The molecule has 4 aliphatic rings. The monoisotopic (exact) mass is 1700 g/mol. The summed E-state index contributed by atoms with van der Waals surface area (Å²) in [6, 6.07) is 0. The maximum Gasteiger partial charge on any atom is 0.490 e. The van der Waals surface area contributed by atoms with Crippen molar-refractivity contribution in [1.82, 2.24) is 68.1 Å². The standard InChI is InChI=1S/C25H37N10O18P3.C24H35N10O18P3/c1-9(2)49-16-11(51-23(17(16)46-4)34-7-28-12-18(34)29-24(26)31-20(12)38)6-48-55(42,43)53-56(44,45)52-54(40,41)47-5-10-14(36)15(37)22(50-10)35-8-33(3)13-19(35)30-25(27)32-21(13)39;1-8(2)48-16-10(50-22(15(16)37)33-6-27-11-17(33)28-23(25)30-19(11)38)5-47-54(42,43)52-55(44,45)51-53(40,41)46-4-9-13(35)14(36)21(49-9)34-7-32(3)12-18(34)29-24(26)31-20(12)39/h7-11,14-17,22-23,36-37H,5-6H2,1-4H3,(H8-,26,27,29,30,31,32,38,39,40,41,42,43,44,45);6-10,13-16,21-22,35-37H,4-5H2,1-3H3,(H8-,25,26,28,29,30,31,38,39,40,41,42,43,44,45)/p+2. The first-order chi connectivity index (χ1) is 51.7. The summed E-state index contributed by atoms with van der Waals surface area (Å²) in [5, 5.41) is 53.5. The van der Waals surface area contributed by atoms with Gasteiger partial charge < -0.3 is 111 Å². The van der Waals surface area contributed by atoms with E-state index in [0.717, 1.165) is 20.0 Å². The van der Waals surface area contributed by atoms with Crippen LogP contribution in [0.15, 0.2) is 44.5 Å². The third-order valence-corrected chi connectivity index (χ3v) is 24.9. The van der Waals surface area contributed by atoms with E-state index in [0.29, 0.717) is 0 Å². The number of aliphatic hydroxyl groups is 5. The minimum absolute atomic E-state index is 0.00256. The molecule has 0 saturated carbocycles. The molecule has 0 radical (unpaired) electrons. The van der Waals surface area contributed by atoms with E-state index in [1.165, 1.54) is 53.9 Å². The number of phosphoric ester groups is 4. The molecule has 0 amide bonds. The van der Waals surface area contributed by atoms with Gasteiger partial charge in [0.15, 0.2) is 47.4 Å². The number of imidazole rings is 4. The first-order valence-electron chi connectivity index (χ1n) is 31.9. The summed E-state index contributed by atoms with van der Waals surface area (Å²) in [4.78, 5) is 144. The minimum atomic E-state index is -5.99. The van der Waals surface area contributed by atoms with Gasteiger partial charge in [0.05, 0.1) is 65.4 Å². The van der Waals surface area contributed by atoms with Crippen LogP contribution in [0.2, 0.25) is 0 Å². The molecule has 111 heavy (non-hydrogen) atoms. The van der Waals surface area contributed by atoms with Crippen LogP contribution in [0.4, 0.5) is 23.8 Å². The van der Waals surface area contributed by atoms with Gasteiger partial charge in [0.2, 0.25) is 35.4 Å². The van der Waals surface area contributed by atoms with E-state index in [1.807, 2.05) is 0 Å². The number of aromatic nitrogens is 16. The van der Waals surface area contributed by atoms with E-state index in [9.17, 15) is 101 Å². The summed E-state index contributed by atoms with van der Waals surface area (Å²) in [6.45, 7) is 2.58. The zero-order chi connectivity index (χ0) is 81.4. The number of nitrogen functional groups attached to an aromatic ring is 4. The number of hydrogen-bond donors (Lipinski definition) is 19. The number of aromatic amines is 4. The Morgan fingerprint density at radius 2 is 0.793 bits per heavy atom. The average Bonchev–Trinajstić information content (AvgIpc) is 1.63. The molecule has 22 atom stereocenters. The number of phosphoric acid groups is 6. The van der Waals surface area contributed by atoms with Crippen LogP contribution in [-0.2, 0) is 110 Å². The third-order valence-electron chi connectivity index (χ3n) is 16.4. The molecular formula is C49H74N20O36P6+2. The predicted octanol–water partition coefficient (Wildman–Crippen LogP) is -5.58. The number of ether oxygens (including phenoxy) is 7. The Morgan fingerprint density at radius 1 is 0.459 bits per heavy atom. The highest BCUT2D eigenvalue weighted by Gasteiger charge is 2.54. The summed E-state index contributed by atoms with van der Waals surface area (Å²) in [6.07, 6.45) is -19.3. The first kappa shape index (κ1) is 84.8. The average molecular weight is 1710 g/mol. The van der Waals surface area contributed by atoms with Crippen LogP contribution < -0.4 is 54.3 Å². The van der Waals surface area contributed by atoms with Crippen molar-refractivity contribution in [2.24, 2.45) is 14.1 Å². The van der Waals surface area contributed by atoms with E-state index in [2.05, 4.69) is 76.1 Å². The lowest BCUT2D eigenvalue weighted by atomic mass is 10.1. The topological polar surface area (TPSA) is 804 Å². The third kappa shape index (κ3) is 18.7. The molecule has 8 aromatic rings. The van der Waals surface area contributed by atoms with Crippen molar-refractivity contribution in [3.8, 4) is 0 Å². The van der Waals surface area contributed by atoms with Crippen LogP contribution in [0.5, 0.6) is 0 Å². The Morgan fingerprint density at radius 3 is 1.17 bits per heavy atom. The second kappa shape index (κ2) is 32.3. The maximum absolute atomic E-state index is 12.8. The fourth-order valence-corrected chi connectivity index (χ4v) is 19.1. The van der Waals surface area contributed by atoms with Gasteiger partial charge >= 0.3 is 58.2 Å². The van der Waals surface area contributed by atoms with Gasteiger partial charge in [-0.2, -0.15) is 27.2 Å². The molecule has 0 bridgehead atoms. The van der Waals surface area contributed by atoms with Crippen molar-refractivity contribution in [3.05, 3.63) is 66.7 Å². The summed E-state index contributed by atoms with van der Waals surface area (Å²) >= 11 is 0. The maximum atomic E-state index is 12.8. The van der Waals surface area contributed by atoms with Gasteiger partial charge in [0.25, 0.3) is 34.1 Å². The molecule has 614 valence electrons. The number of hydrogen-bond acceptors (Lipinski definition) is 40. The summed E-state index contributed by atoms with van der Waals surface area (Å²) < 4.78 is 159. The Labute approximate surface area is 616 Å². The molecule has 0 spiro atoms. The Balaban J connectivity index is 0.000000220. The smallest absolute Gasteiger partial charge is 0.387 e. The zero-order valence-corrected chi connectivity index (χ0v) is 63.4. The molecule has 12 heterocycles. The molecule has 56 nitrogen and oxygen atoms in total. The van der Waals surface area contributed by atoms with Crippen molar-refractivity contribution < 1.29 is 160 Å². The normalized spacial score (nSPS) is 29.0. The quantitative estimate of drug-likeness (QED) is 0.0154. The van der Waals surface area contributed by atoms with Crippen LogP contribution in [0.25, 0.3) is 44.7 Å². The SMILES string of the molecule is CC(C)OC1C(COP(=O)(O)OP(=O)(O)OP(=O)(O)OCC2OC([n+]3cn(C)c4c(=O)[nH]c(N)nc43)C(O)C2O)OC(n2cnc3c(=O)[nH]c(N)nc32)C1O.COC1C(OC(C)C)C(COP(=O)(O)OP(=O)(O)OP(=O)(O)OCC2OC([n+]3cn(C)c4c(=O)[nH]c(N)nc43)C(O)C2O)OC1n1cnc2c(=O)[nH]c(N)nc21. The van der Waals surface area contributed by atoms with Gasteiger partial charge in [-0.25, -0.2) is 46.5 Å². The summed E-state index contributed by atoms with van der Waals surface area (Å²) in [5.41, 5.74) is 19.6. The van der Waals surface area contributed by atoms with E-state index in [4.69, 9.17) is 65.1 Å². The van der Waals surface area contributed by atoms with Crippen molar-refractivity contribution >= 4 is 115 Å². The molecule has 4 aliphatic heterocycles. The van der Waals surface area contributed by atoms with Gasteiger partial charge in [-0.15, -0.1) is 0 Å². The largest absolute Gasteiger partial charge is 0.490 e. The lowest BCUT2D eigenvalue weighted by Gasteiger charge is -2.25. The van der Waals surface area contributed by atoms with E-state index in [-0.39, 0.29) is 68.4 Å². The minimum Gasteiger partial charge on any atom is -0.387 e. The molecule has 62 heteroatoms. The molecular weight excluding hydrogens is 1630 g/mol. The Bertz CT molecular complexity index is 5360. The molecule has 12 rings (SSSR count). The molecule has 4 fully saturated rings. The van der Waals surface area contributed by atoms with Gasteiger partial charge in [-0.1, -0.05) is 9.97 Å². The number of aryl methyl sites for hydroxylation is 2. The number of nitrogens with zero attached hydrogens (tertiary/aromatic N) is 12. The number of nitrogens with one attached hydrogen (secondary N) is 4. The van der Waals surface area contributed by atoms with Crippen LogP contribution in [0.1, 0.15) is 52.6 Å². The van der Waals surface area contributed by atoms with Crippen LogP contribution >= 0.6 is 46.9 Å². The first-order valence-corrected chi connectivity index (χ1v) is 40.9. The van der Waals surface area contributed by atoms with Crippen molar-refractivity contribution in [2.75, 3.05) is 56.5 Å². The van der Waals surface area contributed by atoms with Crippen molar-refractivity contribution in [2.45, 2.75) is 138 Å². The number of anilines is 4. The molecule has 22 unspecified atom stereocenters. The molecule has 8 aromatic heterocycles. The Hall–Kier alpha value is -7.06. The van der Waals surface area contributed by atoms with Crippen LogP contribution in [-0.4, -0.2) is 242 Å². The number of rotatable bonds is 29. The van der Waals surface area contributed by atoms with Gasteiger partial charge in [-0.05, 0) is 27.7 Å². The fraction of sp³-hybridized carbons (Fsp3) is 0.592. The van der Waals surface area contributed by atoms with E-state index in [1.54, 1.807) is 27.7 Å². The Kier molecular flexibility index (Phi) is 24.7. The lowest BCUT2D eigenvalue weighted by Crippen LogP contribution is -2.46. The number of H-pyrrole nitrogens is 4. The zero-order valence-electron chi connectivity index (χ0n) is 58.0. The predicted molar refractivity (Wildman–Crippen MR) is 361 cm³/mol. The molecule has 4 saturated heterocycles. The molecule has 23 N–H and O–H groups in total. The highest BCUT2D eigenvalue weighted by molar-refractivity contribution is 7.67. The van der Waals surface area contributed by atoms with Crippen LogP contribution in [0, 0.1) is 0 Å². The van der Waals surface area contributed by atoms with Gasteiger partial charge in [-0.3, -0.25) is 75.5 Å². The highest BCUT2D eigenvalue weighted by atomic mass is 31.3. The van der Waals surface area contributed by atoms with E-state index >= 15 is 0 Å².